The van der Waals surface area contributed by atoms with Crippen LogP contribution in [0.1, 0.15) is 33.1 Å². The summed E-state index contributed by atoms with van der Waals surface area (Å²) in [6.45, 7) is 5.32. The van der Waals surface area contributed by atoms with Crippen molar-refractivity contribution >= 4 is 11.7 Å². The standard InChI is InChI=1S/C12H20N2O2/c1-8-7-14(6-5-11(8)15)9(2)12(16)13-10-3-4-10/h8-10H,3-7H2,1-2H3,(H,13,16). The number of piperidine rings is 1. The number of Topliss-reactive ketones (excluding diaryl/α,β-unsaturated/α-hetero) is 1. The molecule has 16 heavy (non-hydrogen) atoms. The Bertz CT molecular complexity index is 299. The molecule has 90 valence electrons. The quantitative estimate of drug-likeness (QED) is 0.762. The summed E-state index contributed by atoms with van der Waals surface area (Å²) in [6.07, 6.45) is 2.82. The van der Waals surface area contributed by atoms with E-state index in [1.807, 2.05) is 13.8 Å². The van der Waals surface area contributed by atoms with Crippen LogP contribution in [0.25, 0.3) is 0 Å². The van der Waals surface area contributed by atoms with Gasteiger partial charge in [0.15, 0.2) is 0 Å². The fourth-order valence-corrected chi connectivity index (χ4v) is 2.11. The van der Waals surface area contributed by atoms with Crippen molar-refractivity contribution in [1.29, 1.82) is 0 Å². The smallest absolute Gasteiger partial charge is 0.237 e. The van der Waals surface area contributed by atoms with Crippen LogP contribution in [0, 0.1) is 5.92 Å². The number of amides is 1. The lowest BCUT2D eigenvalue weighted by Gasteiger charge is -2.33. The summed E-state index contributed by atoms with van der Waals surface area (Å²) >= 11 is 0. The molecule has 0 aromatic carbocycles. The van der Waals surface area contributed by atoms with Crippen LogP contribution in [-0.4, -0.2) is 41.8 Å². The third kappa shape index (κ3) is 2.61. The zero-order valence-corrected chi connectivity index (χ0v) is 10.0. The molecule has 2 fully saturated rings. The molecule has 1 aliphatic carbocycles. The normalized spacial score (nSPS) is 28.9. The van der Waals surface area contributed by atoms with Gasteiger partial charge in [-0.2, -0.15) is 0 Å². The summed E-state index contributed by atoms with van der Waals surface area (Å²) in [5.41, 5.74) is 0. The summed E-state index contributed by atoms with van der Waals surface area (Å²) in [7, 11) is 0. The van der Waals surface area contributed by atoms with Gasteiger partial charge in [0.25, 0.3) is 0 Å². The van der Waals surface area contributed by atoms with E-state index in [1.165, 1.54) is 0 Å². The number of ketones is 1. The lowest BCUT2D eigenvalue weighted by molar-refractivity contribution is -0.132. The molecule has 4 heteroatoms. The monoisotopic (exact) mass is 224 g/mol. The highest BCUT2D eigenvalue weighted by Crippen LogP contribution is 2.20. The molecule has 1 N–H and O–H groups in total. The van der Waals surface area contributed by atoms with E-state index in [0.29, 0.717) is 18.2 Å². The molecule has 0 bridgehead atoms. The summed E-state index contributed by atoms with van der Waals surface area (Å²) in [4.78, 5) is 25.4. The molecule has 1 heterocycles. The second kappa shape index (κ2) is 4.53. The molecule has 0 aromatic rings. The van der Waals surface area contributed by atoms with Gasteiger partial charge in [-0.3, -0.25) is 14.5 Å². The van der Waals surface area contributed by atoms with Crippen LogP contribution in [0.5, 0.6) is 0 Å². The third-order valence-electron chi connectivity index (χ3n) is 3.55. The van der Waals surface area contributed by atoms with Gasteiger partial charge in [-0.15, -0.1) is 0 Å². The maximum absolute atomic E-state index is 11.8. The van der Waals surface area contributed by atoms with Crippen molar-refractivity contribution < 1.29 is 9.59 Å². The van der Waals surface area contributed by atoms with Crippen LogP contribution < -0.4 is 5.32 Å². The predicted octanol–water partition coefficient (Wildman–Crippen LogP) is 0.564. The van der Waals surface area contributed by atoms with E-state index in [9.17, 15) is 9.59 Å². The van der Waals surface area contributed by atoms with Gasteiger partial charge in [-0.25, -0.2) is 0 Å². The average Bonchev–Trinajstić information content (AvgIpc) is 3.05. The predicted molar refractivity (Wildman–Crippen MR) is 61.0 cm³/mol. The molecule has 2 rings (SSSR count). The molecular formula is C12H20N2O2. The molecule has 2 aliphatic rings. The number of hydrogen-bond donors (Lipinski definition) is 1. The summed E-state index contributed by atoms with van der Waals surface area (Å²) in [6, 6.07) is 0.315. The highest BCUT2D eigenvalue weighted by atomic mass is 16.2. The van der Waals surface area contributed by atoms with Crippen LogP contribution >= 0.6 is 0 Å². The summed E-state index contributed by atoms with van der Waals surface area (Å²) in [5, 5.41) is 3.01. The lowest BCUT2D eigenvalue weighted by atomic mass is 9.97. The minimum absolute atomic E-state index is 0.0740. The fourth-order valence-electron chi connectivity index (χ4n) is 2.11. The first-order valence-corrected chi connectivity index (χ1v) is 6.15. The van der Waals surface area contributed by atoms with Gasteiger partial charge in [-0.1, -0.05) is 6.92 Å². The van der Waals surface area contributed by atoms with Gasteiger partial charge in [0.1, 0.15) is 5.78 Å². The number of nitrogens with zero attached hydrogens (tertiary/aromatic N) is 1. The molecule has 2 unspecified atom stereocenters. The molecule has 1 amide bonds. The van der Waals surface area contributed by atoms with Crippen molar-refractivity contribution in [3.05, 3.63) is 0 Å². The Morgan fingerprint density at radius 2 is 2.19 bits per heavy atom. The van der Waals surface area contributed by atoms with Gasteiger partial charge in [0.2, 0.25) is 5.91 Å². The van der Waals surface area contributed by atoms with Gasteiger partial charge in [-0.05, 0) is 19.8 Å². The molecule has 0 spiro atoms. The Morgan fingerprint density at radius 3 is 2.75 bits per heavy atom. The van der Waals surface area contributed by atoms with E-state index >= 15 is 0 Å². The SMILES string of the molecule is CC1CN(C(C)C(=O)NC2CC2)CCC1=O. The molecule has 4 nitrogen and oxygen atoms in total. The number of hydrogen-bond acceptors (Lipinski definition) is 3. The number of likely N-dealkylation sites (tertiary alicyclic amines) is 1. The number of carbonyl (C=O) groups is 2. The molecule has 1 saturated carbocycles. The number of rotatable bonds is 3. The Kier molecular flexibility index (Phi) is 3.28. The van der Waals surface area contributed by atoms with E-state index in [-0.39, 0.29) is 17.9 Å². The van der Waals surface area contributed by atoms with Gasteiger partial charge >= 0.3 is 0 Å². The molecule has 2 atom stereocenters. The van der Waals surface area contributed by atoms with E-state index < -0.39 is 0 Å². The van der Waals surface area contributed by atoms with Crippen molar-refractivity contribution in [3.8, 4) is 0 Å². The van der Waals surface area contributed by atoms with Crippen LogP contribution in [0.4, 0.5) is 0 Å². The maximum Gasteiger partial charge on any atom is 0.237 e. The highest BCUT2D eigenvalue weighted by Gasteiger charge is 2.32. The first-order chi connectivity index (χ1) is 7.58. The fraction of sp³-hybridized carbons (Fsp3) is 0.833. The van der Waals surface area contributed by atoms with Crippen LogP contribution in [-0.2, 0) is 9.59 Å². The van der Waals surface area contributed by atoms with Crippen LogP contribution in [0.2, 0.25) is 0 Å². The second-order valence-corrected chi connectivity index (χ2v) is 5.07. The molecule has 0 radical (unpaired) electrons. The highest BCUT2D eigenvalue weighted by molar-refractivity contribution is 5.84. The Morgan fingerprint density at radius 1 is 1.50 bits per heavy atom. The van der Waals surface area contributed by atoms with Crippen LogP contribution in [0.3, 0.4) is 0 Å². The van der Waals surface area contributed by atoms with Crippen LogP contribution in [0.15, 0.2) is 0 Å². The van der Waals surface area contributed by atoms with E-state index in [4.69, 9.17) is 0 Å². The van der Waals surface area contributed by atoms with Crippen molar-refractivity contribution in [2.45, 2.75) is 45.2 Å². The first-order valence-electron chi connectivity index (χ1n) is 6.15. The Labute approximate surface area is 96.4 Å². The van der Waals surface area contributed by atoms with Gasteiger partial charge in [0, 0.05) is 31.5 Å². The van der Waals surface area contributed by atoms with E-state index in [2.05, 4.69) is 10.2 Å². The number of carbonyl (C=O) groups excluding carboxylic acids is 2. The zero-order chi connectivity index (χ0) is 11.7. The topological polar surface area (TPSA) is 49.4 Å². The Hall–Kier alpha value is -0.900. The molecule has 1 saturated heterocycles. The molecule has 1 aliphatic heterocycles. The minimum Gasteiger partial charge on any atom is -0.352 e. The summed E-state index contributed by atoms with van der Waals surface area (Å²) < 4.78 is 0. The maximum atomic E-state index is 11.8. The average molecular weight is 224 g/mol. The van der Waals surface area contributed by atoms with E-state index in [0.717, 1.165) is 25.9 Å². The van der Waals surface area contributed by atoms with Crippen molar-refractivity contribution in [2.24, 2.45) is 5.92 Å². The summed E-state index contributed by atoms with van der Waals surface area (Å²) in [5.74, 6) is 0.514. The first kappa shape index (κ1) is 11.6. The van der Waals surface area contributed by atoms with Crippen molar-refractivity contribution in [2.75, 3.05) is 13.1 Å². The molecular weight excluding hydrogens is 204 g/mol. The second-order valence-electron chi connectivity index (χ2n) is 5.07. The van der Waals surface area contributed by atoms with E-state index in [1.54, 1.807) is 0 Å². The largest absolute Gasteiger partial charge is 0.352 e. The third-order valence-corrected chi connectivity index (χ3v) is 3.55. The lowest BCUT2D eigenvalue weighted by Crippen LogP contribution is -2.51. The van der Waals surface area contributed by atoms with Gasteiger partial charge < -0.3 is 5.32 Å². The number of nitrogens with one attached hydrogen (secondary N) is 1. The minimum atomic E-state index is -0.101. The Balaban J connectivity index is 1.85. The van der Waals surface area contributed by atoms with Gasteiger partial charge in [0.05, 0.1) is 6.04 Å². The van der Waals surface area contributed by atoms with Crippen molar-refractivity contribution in [3.63, 3.8) is 0 Å². The zero-order valence-electron chi connectivity index (χ0n) is 10.0. The molecule has 0 aromatic heterocycles. The van der Waals surface area contributed by atoms with Crippen molar-refractivity contribution in [1.82, 2.24) is 10.2 Å².